The van der Waals surface area contributed by atoms with Gasteiger partial charge in [0.2, 0.25) is 0 Å². The van der Waals surface area contributed by atoms with Gasteiger partial charge in [0, 0.05) is 18.0 Å². The molecule has 0 amide bonds. The Hall–Kier alpha value is -1.28. The quantitative estimate of drug-likeness (QED) is 0.609. The third-order valence-corrected chi connectivity index (χ3v) is 4.84. The van der Waals surface area contributed by atoms with E-state index in [9.17, 15) is 21.6 Å². The van der Waals surface area contributed by atoms with Crippen LogP contribution in [0.5, 0.6) is 0 Å². The van der Waals surface area contributed by atoms with E-state index in [1.165, 1.54) is 6.08 Å². The van der Waals surface area contributed by atoms with Crippen molar-refractivity contribution in [3.05, 3.63) is 40.9 Å². The van der Waals surface area contributed by atoms with Crippen LogP contribution in [-0.4, -0.2) is 18.9 Å². The van der Waals surface area contributed by atoms with Crippen molar-refractivity contribution < 1.29 is 25.8 Å². The van der Waals surface area contributed by atoms with E-state index in [0.717, 1.165) is 0 Å². The normalized spacial score (nSPS) is 23.0. The van der Waals surface area contributed by atoms with Crippen molar-refractivity contribution in [3.63, 3.8) is 0 Å². The van der Waals surface area contributed by atoms with Crippen molar-refractivity contribution >= 4 is 21.7 Å². The molecule has 0 saturated heterocycles. The summed E-state index contributed by atoms with van der Waals surface area (Å²) in [4.78, 5) is 4.21. The maximum atomic E-state index is 12.3. The lowest BCUT2D eigenvalue weighted by Crippen LogP contribution is -2.29. The molecule has 1 aliphatic carbocycles. The summed E-state index contributed by atoms with van der Waals surface area (Å²) >= 11 is 6.09. The molecule has 0 aliphatic heterocycles. The highest BCUT2D eigenvalue weighted by atomic mass is 35.5. The van der Waals surface area contributed by atoms with Gasteiger partial charge in [0.15, 0.2) is 0 Å². The minimum Gasteiger partial charge on any atom is -0.381 e. The molecule has 22 heavy (non-hydrogen) atoms. The van der Waals surface area contributed by atoms with Crippen molar-refractivity contribution in [3.8, 4) is 0 Å². The molecule has 1 unspecified atom stereocenters. The molecule has 1 atom stereocenters. The molecular formula is C13H13ClF3NO3S. The van der Waals surface area contributed by atoms with Gasteiger partial charge in [-0.3, -0.25) is 4.98 Å². The lowest BCUT2D eigenvalue weighted by molar-refractivity contribution is -0.0524. The zero-order valence-electron chi connectivity index (χ0n) is 11.5. The van der Waals surface area contributed by atoms with Crippen LogP contribution < -0.4 is 0 Å². The van der Waals surface area contributed by atoms with Crippen LogP contribution in [0, 0.1) is 0 Å². The summed E-state index contributed by atoms with van der Waals surface area (Å²) in [5.41, 5.74) is -5.28. The van der Waals surface area contributed by atoms with E-state index in [-0.39, 0.29) is 18.6 Å². The summed E-state index contributed by atoms with van der Waals surface area (Å²) in [6.07, 6.45) is 3.64. The van der Waals surface area contributed by atoms with Gasteiger partial charge in [0.1, 0.15) is 5.76 Å². The third kappa shape index (κ3) is 3.38. The molecule has 1 aliphatic rings. The number of aromatic nitrogens is 1. The molecule has 1 aromatic heterocycles. The van der Waals surface area contributed by atoms with Gasteiger partial charge in [-0.1, -0.05) is 18.5 Å². The fourth-order valence-electron chi connectivity index (χ4n) is 2.25. The van der Waals surface area contributed by atoms with E-state index in [1.807, 2.05) is 6.92 Å². The minimum atomic E-state index is -5.62. The lowest BCUT2D eigenvalue weighted by atomic mass is 9.75. The molecule has 0 saturated carbocycles. The van der Waals surface area contributed by atoms with E-state index >= 15 is 0 Å². The Morgan fingerprint density at radius 1 is 1.41 bits per heavy atom. The van der Waals surface area contributed by atoms with Crippen LogP contribution >= 0.6 is 11.6 Å². The number of halogens is 4. The molecule has 4 nitrogen and oxygen atoms in total. The van der Waals surface area contributed by atoms with Gasteiger partial charge in [0.05, 0.1) is 10.7 Å². The second kappa shape index (κ2) is 5.73. The van der Waals surface area contributed by atoms with Crippen LogP contribution in [0.3, 0.4) is 0 Å². The first kappa shape index (κ1) is 17.1. The number of hydrogen-bond acceptors (Lipinski definition) is 4. The summed E-state index contributed by atoms with van der Waals surface area (Å²) in [5, 5.41) is 0.464. The van der Waals surface area contributed by atoms with Crippen LogP contribution in [0.2, 0.25) is 5.02 Å². The predicted octanol–water partition coefficient (Wildman–Crippen LogP) is 3.93. The first-order valence-electron chi connectivity index (χ1n) is 6.36. The molecule has 0 bridgehead atoms. The molecule has 0 radical (unpaired) electrons. The first-order valence-corrected chi connectivity index (χ1v) is 8.15. The standard InChI is InChI=1S/C13H13ClF3NO3S/c1-12(11-10(14)3-2-8-18-11)6-4-9(5-7-12)21-22(19,20)13(15,16)17/h2-4,8H,5-7H2,1H3. The monoisotopic (exact) mass is 355 g/mol. The molecule has 9 heteroatoms. The number of alkyl halides is 3. The van der Waals surface area contributed by atoms with Crippen molar-refractivity contribution in [1.82, 2.24) is 4.98 Å². The zero-order valence-corrected chi connectivity index (χ0v) is 13.1. The van der Waals surface area contributed by atoms with E-state index in [2.05, 4.69) is 9.17 Å². The first-order chi connectivity index (χ1) is 10.1. The van der Waals surface area contributed by atoms with Gasteiger partial charge >= 0.3 is 15.6 Å². The molecule has 0 N–H and O–H groups in total. The van der Waals surface area contributed by atoms with Crippen LogP contribution in [0.15, 0.2) is 30.2 Å². The van der Waals surface area contributed by atoms with Crippen LogP contribution in [0.25, 0.3) is 0 Å². The van der Waals surface area contributed by atoms with Crippen LogP contribution in [0.1, 0.15) is 31.9 Å². The predicted molar refractivity (Wildman–Crippen MR) is 74.6 cm³/mol. The van der Waals surface area contributed by atoms with Gasteiger partial charge < -0.3 is 4.18 Å². The molecule has 0 fully saturated rings. The average Bonchev–Trinajstić information content (AvgIpc) is 2.40. The van der Waals surface area contributed by atoms with Crippen LogP contribution in [-0.2, 0) is 19.7 Å². The molecule has 2 rings (SSSR count). The van der Waals surface area contributed by atoms with Crippen molar-refractivity contribution in [2.24, 2.45) is 0 Å². The number of allylic oxidation sites excluding steroid dienone is 2. The molecule has 0 spiro atoms. The fourth-order valence-corrected chi connectivity index (χ4v) is 3.13. The van der Waals surface area contributed by atoms with Gasteiger partial charge in [-0.15, -0.1) is 0 Å². The van der Waals surface area contributed by atoms with E-state index in [4.69, 9.17) is 11.6 Å². The minimum absolute atomic E-state index is 0.0543. The lowest BCUT2D eigenvalue weighted by Gasteiger charge is -2.32. The van der Waals surface area contributed by atoms with E-state index in [0.29, 0.717) is 17.1 Å². The Bertz CT molecular complexity index is 703. The Morgan fingerprint density at radius 3 is 2.59 bits per heavy atom. The average molecular weight is 356 g/mol. The number of rotatable bonds is 3. The maximum Gasteiger partial charge on any atom is 0.534 e. The highest BCUT2D eigenvalue weighted by Crippen LogP contribution is 2.41. The summed E-state index contributed by atoms with van der Waals surface area (Å²) in [7, 11) is -5.62. The molecule has 122 valence electrons. The summed E-state index contributed by atoms with van der Waals surface area (Å²) in [5.74, 6) is -0.207. The third-order valence-electron chi connectivity index (χ3n) is 3.53. The fraction of sp³-hybridized carbons (Fsp3) is 0.462. The van der Waals surface area contributed by atoms with Gasteiger partial charge in [-0.2, -0.15) is 21.6 Å². The topological polar surface area (TPSA) is 56.3 Å². The molecule has 0 aromatic carbocycles. The van der Waals surface area contributed by atoms with Gasteiger partial charge in [0.25, 0.3) is 0 Å². The van der Waals surface area contributed by atoms with Gasteiger partial charge in [-0.05, 0) is 31.1 Å². The maximum absolute atomic E-state index is 12.3. The Labute approximate surface area is 131 Å². The number of pyridine rings is 1. The molecular weight excluding hydrogens is 343 g/mol. The van der Waals surface area contributed by atoms with Crippen LogP contribution in [0.4, 0.5) is 13.2 Å². The van der Waals surface area contributed by atoms with Crippen molar-refractivity contribution in [1.29, 1.82) is 0 Å². The Morgan fingerprint density at radius 2 is 2.09 bits per heavy atom. The number of nitrogens with zero attached hydrogens (tertiary/aromatic N) is 1. The van der Waals surface area contributed by atoms with Crippen molar-refractivity contribution in [2.45, 2.75) is 37.1 Å². The highest BCUT2D eigenvalue weighted by molar-refractivity contribution is 7.87. The van der Waals surface area contributed by atoms with E-state index < -0.39 is 21.0 Å². The highest BCUT2D eigenvalue weighted by Gasteiger charge is 2.49. The zero-order chi connectivity index (χ0) is 16.6. The van der Waals surface area contributed by atoms with Crippen molar-refractivity contribution in [2.75, 3.05) is 0 Å². The Kier molecular flexibility index (Phi) is 4.45. The smallest absolute Gasteiger partial charge is 0.381 e. The Balaban J connectivity index is 2.18. The largest absolute Gasteiger partial charge is 0.534 e. The second-order valence-electron chi connectivity index (χ2n) is 5.25. The van der Waals surface area contributed by atoms with E-state index in [1.54, 1.807) is 18.3 Å². The SMILES string of the molecule is CC1(c2ncccc2Cl)CC=C(OS(=O)(=O)C(F)(F)F)CC1. The second-order valence-corrected chi connectivity index (χ2v) is 7.20. The summed E-state index contributed by atoms with van der Waals surface area (Å²) in [6, 6.07) is 3.36. The number of hydrogen-bond donors (Lipinski definition) is 0. The molecule has 1 heterocycles. The summed E-state index contributed by atoms with van der Waals surface area (Å²) < 4.78 is 63.0. The molecule has 1 aromatic rings. The van der Waals surface area contributed by atoms with Gasteiger partial charge in [-0.25, -0.2) is 0 Å². The summed E-state index contributed by atoms with van der Waals surface area (Å²) in [6.45, 7) is 1.87.